The summed E-state index contributed by atoms with van der Waals surface area (Å²) in [6.07, 6.45) is 6.07. The van der Waals surface area contributed by atoms with Gasteiger partial charge in [0.2, 0.25) is 0 Å². The first-order valence-corrected chi connectivity index (χ1v) is 8.66. The highest BCUT2D eigenvalue weighted by molar-refractivity contribution is 6.34. The van der Waals surface area contributed by atoms with Crippen LogP contribution in [0.4, 0.5) is 0 Å². The Morgan fingerprint density at radius 2 is 1.83 bits per heavy atom. The van der Waals surface area contributed by atoms with E-state index in [1.54, 1.807) is 29.2 Å². The molecule has 0 saturated carbocycles. The molecule has 1 aromatic heterocycles. The van der Waals surface area contributed by atoms with E-state index < -0.39 is 5.91 Å². The maximum absolute atomic E-state index is 12.6. The van der Waals surface area contributed by atoms with Crippen molar-refractivity contribution in [3.8, 4) is 0 Å². The third kappa shape index (κ3) is 4.77. The van der Waals surface area contributed by atoms with Gasteiger partial charge in [0.1, 0.15) is 0 Å². The number of hydrogen-bond donors (Lipinski definition) is 0. The number of rotatable bonds is 5. The summed E-state index contributed by atoms with van der Waals surface area (Å²) in [5.41, 5.74) is 1.12. The first kappa shape index (κ1) is 18.4. The number of likely N-dealkylation sites (tertiary alicyclic amines) is 1. The molecule has 0 atom stereocenters. The van der Waals surface area contributed by atoms with E-state index in [-0.39, 0.29) is 11.9 Å². The van der Waals surface area contributed by atoms with E-state index in [1.807, 2.05) is 19.1 Å². The van der Waals surface area contributed by atoms with Crippen molar-refractivity contribution in [1.29, 1.82) is 0 Å². The van der Waals surface area contributed by atoms with Gasteiger partial charge in [0.15, 0.2) is 0 Å². The van der Waals surface area contributed by atoms with Gasteiger partial charge in [-0.1, -0.05) is 0 Å². The smallest absolute Gasteiger partial charge is 0.312 e. The fourth-order valence-corrected chi connectivity index (χ4v) is 3.05. The Balaban J connectivity index is 1.90. The molecule has 1 aromatic rings. The highest BCUT2D eigenvalue weighted by Crippen LogP contribution is 2.15. The molecule has 0 N–H and O–H groups in total. The number of likely N-dealkylation sites (N-methyl/N-ethyl adjacent to an activating group) is 2. The molecular weight excluding hydrogens is 304 g/mol. The van der Waals surface area contributed by atoms with E-state index in [9.17, 15) is 9.59 Å². The molecule has 1 fully saturated rings. The molecule has 1 aliphatic heterocycles. The second kappa shape index (κ2) is 8.78. The summed E-state index contributed by atoms with van der Waals surface area (Å²) in [6, 6.07) is 4.03. The summed E-state index contributed by atoms with van der Waals surface area (Å²) in [7, 11) is 3.84. The summed E-state index contributed by atoms with van der Waals surface area (Å²) >= 11 is 0. The van der Waals surface area contributed by atoms with Gasteiger partial charge in [-0.25, -0.2) is 0 Å². The molecule has 0 spiro atoms. The van der Waals surface area contributed by atoms with Gasteiger partial charge in [0, 0.05) is 38.6 Å². The van der Waals surface area contributed by atoms with E-state index in [2.05, 4.69) is 16.9 Å². The van der Waals surface area contributed by atoms with Crippen LogP contribution in [0.1, 0.15) is 25.3 Å². The van der Waals surface area contributed by atoms with Crippen LogP contribution in [0.25, 0.3) is 0 Å². The van der Waals surface area contributed by atoms with Crippen LogP contribution in [0.3, 0.4) is 0 Å². The van der Waals surface area contributed by atoms with Crippen LogP contribution in [0.2, 0.25) is 0 Å². The zero-order chi connectivity index (χ0) is 17.5. The number of carbonyl (C=O) groups is 2. The Kier molecular flexibility index (Phi) is 6.73. The Morgan fingerprint density at radius 1 is 1.21 bits per heavy atom. The third-order valence-electron chi connectivity index (χ3n) is 4.83. The highest BCUT2D eigenvalue weighted by Gasteiger charge is 2.30. The lowest BCUT2D eigenvalue weighted by Gasteiger charge is -2.35. The minimum absolute atomic E-state index is 0.163. The van der Waals surface area contributed by atoms with Crippen LogP contribution >= 0.6 is 0 Å². The highest BCUT2D eigenvalue weighted by atomic mass is 16.2. The summed E-state index contributed by atoms with van der Waals surface area (Å²) in [5, 5.41) is 0. The maximum Gasteiger partial charge on any atom is 0.312 e. The Hall–Kier alpha value is -1.95. The monoisotopic (exact) mass is 332 g/mol. The van der Waals surface area contributed by atoms with Crippen LogP contribution in [0.5, 0.6) is 0 Å². The number of piperidine rings is 1. The fourth-order valence-electron chi connectivity index (χ4n) is 3.05. The molecular formula is C18H28N4O2. The maximum atomic E-state index is 12.6. The van der Waals surface area contributed by atoms with Gasteiger partial charge in [0.25, 0.3) is 0 Å². The lowest BCUT2D eigenvalue weighted by Crippen LogP contribution is -2.50. The normalized spacial score (nSPS) is 16.0. The van der Waals surface area contributed by atoms with Crippen molar-refractivity contribution >= 4 is 11.8 Å². The second-order valence-electron chi connectivity index (χ2n) is 6.44. The molecule has 2 heterocycles. The minimum atomic E-state index is -0.395. The van der Waals surface area contributed by atoms with E-state index >= 15 is 0 Å². The molecule has 132 valence electrons. The number of hydrogen-bond acceptors (Lipinski definition) is 4. The van der Waals surface area contributed by atoms with Gasteiger partial charge >= 0.3 is 11.8 Å². The predicted octanol–water partition coefficient (Wildman–Crippen LogP) is 1.03. The molecule has 6 heteroatoms. The van der Waals surface area contributed by atoms with Crippen LogP contribution in [0.15, 0.2) is 24.5 Å². The summed E-state index contributed by atoms with van der Waals surface area (Å²) in [4.78, 5) is 34.6. The van der Waals surface area contributed by atoms with Crippen molar-refractivity contribution in [3.05, 3.63) is 30.1 Å². The number of pyridine rings is 1. The van der Waals surface area contributed by atoms with E-state index in [0.717, 1.165) is 37.9 Å². The van der Waals surface area contributed by atoms with Gasteiger partial charge in [-0.3, -0.25) is 14.6 Å². The standard InChI is InChI=1S/C18H28N4O2/c1-4-22(14-7-15-5-10-19-11-6-15)18(24)17(23)21(3)16-8-12-20(2)13-9-16/h5-6,10-11,16H,4,7-9,12-14H2,1-3H3. The van der Waals surface area contributed by atoms with E-state index in [0.29, 0.717) is 13.1 Å². The summed E-state index contributed by atoms with van der Waals surface area (Å²) in [5.74, 6) is -0.783. The van der Waals surface area contributed by atoms with Gasteiger partial charge in [0.05, 0.1) is 0 Å². The summed E-state index contributed by atoms with van der Waals surface area (Å²) < 4.78 is 0. The molecule has 2 rings (SSSR count). The van der Waals surface area contributed by atoms with Crippen molar-refractivity contribution in [2.75, 3.05) is 40.3 Å². The average Bonchev–Trinajstić information content (AvgIpc) is 2.62. The Labute approximate surface area is 144 Å². The molecule has 0 unspecified atom stereocenters. The predicted molar refractivity (Wildman–Crippen MR) is 93.5 cm³/mol. The fraction of sp³-hybridized carbons (Fsp3) is 0.611. The first-order valence-electron chi connectivity index (χ1n) is 8.66. The molecule has 1 saturated heterocycles. The zero-order valence-electron chi connectivity index (χ0n) is 14.9. The number of carbonyl (C=O) groups excluding carboxylic acids is 2. The van der Waals surface area contributed by atoms with Crippen molar-refractivity contribution in [3.63, 3.8) is 0 Å². The van der Waals surface area contributed by atoms with Crippen LogP contribution < -0.4 is 0 Å². The largest absolute Gasteiger partial charge is 0.334 e. The Bertz CT molecular complexity index is 541. The molecule has 24 heavy (non-hydrogen) atoms. The van der Waals surface area contributed by atoms with Gasteiger partial charge in [-0.2, -0.15) is 0 Å². The molecule has 1 aliphatic rings. The lowest BCUT2D eigenvalue weighted by atomic mass is 10.0. The van der Waals surface area contributed by atoms with Crippen molar-refractivity contribution < 1.29 is 9.59 Å². The van der Waals surface area contributed by atoms with Gasteiger partial charge in [-0.05, 0) is 64.0 Å². The van der Waals surface area contributed by atoms with Crippen LogP contribution in [-0.2, 0) is 16.0 Å². The second-order valence-corrected chi connectivity index (χ2v) is 6.44. The van der Waals surface area contributed by atoms with E-state index in [1.165, 1.54) is 0 Å². The molecule has 0 aliphatic carbocycles. The number of aromatic nitrogens is 1. The average molecular weight is 332 g/mol. The molecule has 2 amide bonds. The van der Waals surface area contributed by atoms with Gasteiger partial charge < -0.3 is 14.7 Å². The zero-order valence-corrected chi connectivity index (χ0v) is 14.9. The van der Waals surface area contributed by atoms with Crippen LogP contribution in [-0.4, -0.2) is 77.8 Å². The third-order valence-corrected chi connectivity index (χ3v) is 4.83. The van der Waals surface area contributed by atoms with Crippen molar-refractivity contribution in [2.24, 2.45) is 0 Å². The molecule has 0 radical (unpaired) electrons. The number of nitrogens with zero attached hydrogens (tertiary/aromatic N) is 4. The molecule has 6 nitrogen and oxygen atoms in total. The number of amides is 2. The topological polar surface area (TPSA) is 56.8 Å². The summed E-state index contributed by atoms with van der Waals surface area (Å²) in [6.45, 7) is 4.93. The van der Waals surface area contributed by atoms with Crippen LogP contribution in [0, 0.1) is 0 Å². The van der Waals surface area contributed by atoms with Crippen molar-refractivity contribution in [1.82, 2.24) is 19.7 Å². The molecule has 0 aromatic carbocycles. The van der Waals surface area contributed by atoms with Crippen molar-refractivity contribution in [2.45, 2.75) is 32.2 Å². The first-order chi connectivity index (χ1) is 11.5. The van der Waals surface area contributed by atoms with Gasteiger partial charge in [-0.15, -0.1) is 0 Å². The SMILES string of the molecule is CCN(CCc1ccncc1)C(=O)C(=O)N(C)C1CCN(C)CC1. The lowest BCUT2D eigenvalue weighted by molar-refractivity contribution is -0.152. The minimum Gasteiger partial charge on any atom is -0.334 e. The molecule has 0 bridgehead atoms. The van der Waals surface area contributed by atoms with E-state index in [4.69, 9.17) is 0 Å². The Morgan fingerprint density at radius 3 is 2.42 bits per heavy atom. The quantitative estimate of drug-likeness (QED) is 0.756.